The minimum atomic E-state index is -0.233. The van der Waals surface area contributed by atoms with Crippen LogP contribution in [0.3, 0.4) is 0 Å². The maximum atomic E-state index is 2.39. The Labute approximate surface area is 342 Å². The van der Waals surface area contributed by atoms with E-state index in [2.05, 4.69) is 269 Å². The lowest BCUT2D eigenvalue weighted by atomic mass is 9.81. The van der Waals surface area contributed by atoms with Crippen LogP contribution in [0.25, 0.3) is 0 Å². The molecule has 9 rings (SSSR count). The van der Waals surface area contributed by atoms with Crippen molar-refractivity contribution in [1.82, 2.24) is 0 Å². The molecule has 3 nitrogen and oxygen atoms in total. The summed E-state index contributed by atoms with van der Waals surface area (Å²) in [5.41, 5.74) is 13.4. The minimum Gasteiger partial charge on any atom is -0.310 e. The first kappa shape index (κ1) is 36.0. The van der Waals surface area contributed by atoms with Crippen LogP contribution in [0.4, 0.5) is 51.2 Å². The highest BCUT2D eigenvalue weighted by Crippen LogP contribution is 2.50. The number of rotatable bonds is 12. The van der Waals surface area contributed by atoms with Crippen LogP contribution in [0.2, 0.25) is 0 Å². The molecule has 0 aliphatic carbocycles. The number of hydrogen-bond donors (Lipinski definition) is 0. The van der Waals surface area contributed by atoms with Crippen molar-refractivity contribution in [2.24, 2.45) is 0 Å². The van der Waals surface area contributed by atoms with Gasteiger partial charge in [-0.05, 0) is 108 Å². The molecule has 9 aromatic carbocycles. The van der Waals surface area contributed by atoms with Gasteiger partial charge >= 0.3 is 0 Å². The molecule has 0 unspecified atom stereocenters. The third-order valence-electron chi connectivity index (χ3n) is 10.6. The average Bonchev–Trinajstić information content (AvgIpc) is 3.30. The van der Waals surface area contributed by atoms with E-state index in [0.29, 0.717) is 0 Å². The smallest absolute Gasteiger partial charge is 0.0503 e. The van der Waals surface area contributed by atoms with Crippen LogP contribution in [0.5, 0.6) is 0 Å². The molecule has 0 radical (unpaired) electrons. The van der Waals surface area contributed by atoms with E-state index in [9.17, 15) is 0 Å². The van der Waals surface area contributed by atoms with E-state index in [1.165, 1.54) is 16.7 Å². The molecule has 0 aliphatic heterocycles. The molecule has 0 saturated heterocycles. The SMILES string of the molecule is c1ccc(N(c2ccccc2)c2ccccc2C(c2ccccc2N(c2ccccc2)c2ccccc2)c2ccccc2N(c2ccccc2)c2ccccc2)cc1. The highest BCUT2D eigenvalue weighted by molar-refractivity contribution is 5.86. The van der Waals surface area contributed by atoms with Crippen molar-refractivity contribution in [2.45, 2.75) is 5.92 Å². The van der Waals surface area contributed by atoms with Gasteiger partial charge in [0.05, 0.1) is 17.1 Å². The Balaban J connectivity index is 1.36. The van der Waals surface area contributed by atoms with Crippen molar-refractivity contribution < 1.29 is 0 Å². The summed E-state index contributed by atoms with van der Waals surface area (Å²) in [5, 5.41) is 0. The molecule has 0 atom stereocenters. The summed E-state index contributed by atoms with van der Waals surface area (Å²) in [4.78, 5) is 7.18. The molecule has 0 fully saturated rings. The fourth-order valence-corrected chi connectivity index (χ4v) is 8.05. The zero-order chi connectivity index (χ0) is 38.9. The van der Waals surface area contributed by atoms with E-state index < -0.39 is 0 Å². The van der Waals surface area contributed by atoms with Crippen LogP contribution in [0.1, 0.15) is 22.6 Å². The Hall–Kier alpha value is -7.62. The lowest BCUT2D eigenvalue weighted by Gasteiger charge is -2.35. The Morgan fingerprint density at radius 1 is 0.190 bits per heavy atom. The second kappa shape index (κ2) is 17.0. The van der Waals surface area contributed by atoms with E-state index in [4.69, 9.17) is 0 Å². The summed E-state index contributed by atoms with van der Waals surface area (Å²) in [5.74, 6) is -0.233. The van der Waals surface area contributed by atoms with Gasteiger partial charge in [0.15, 0.2) is 0 Å². The predicted molar refractivity (Wildman–Crippen MR) is 244 cm³/mol. The van der Waals surface area contributed by atoms with Crippen LogP contribution in [-0.2, 0) is 0 Å². The van der Waals surface area contributed by atoms with Gasteiger partial charge in [-0.1, -0.05) is 164 Å². The Kier molecular flexibility index (Phi) is 10.6. The molecule has 0 heterocycles. The van der Waals surface area contributed by atoms with Crippen molar-refractivity contribution in [3.63, 3.8) is 0 Å². The van der Waals surface area contributed by atoms with E-state index >= 15 is 0 Å². The lowest BCUT2D eigenvalue weighted by molar-refractivity contribution is 0.960. The molecule has 0 aromatic heterocycles. The average molecular weight is 746 g/mol. The summed E-state index contributed by atoms with van der Waals surface area (Å²) in [6, 6.07) is 91.0. The van der Waals surface area contributed by atoms with Crippen LogP contribution < -0.4 is 14.7 Å². The maximum absolute atomic E-state index is 2.39. The van der Waals surface area contributed by atoms with Crippen LogP contribution >= 0.6 is 0 Å². The molecule has 58 heavy (non-hydrogen) atoms. The fourth-order valence-electron chi connectivity index (χ4n) is 8.05. The summed E-state index contributed by atoms with van der Waals surface area (Å²) < 4.78 is 0. The van der Waals surface area contributed by atoms with Gasteiger partial charge in [0, 0.05) is 40.0 Å². The molecular formula is C55H43N3. The molecule has 278 valence electrons. The lowest BCUT2D eigenvalue weighted by Crippen LogP contribution is -2.19. The summed E-state index contributed by atoms with van der Waals surface area (Å²) in [7, 11) is 0. The fraction of sp³-hybridized carbons (Fsp3) is 0.0182. The van der Waals surface area contributed by atoms with Gasteiger partial charge < -0.3 is 14.7 Å². The number of nitrogens with zero attached hydrogens (tertiary/aromatic N) is 3. The van der Waals surface area contributed by atoms with Gasteiger partial charge in [-0.15, -0.1) is 0 Å². The van der Waals surface area contributed by atoms with Gasteiger partial charge in [0.25, 0.3) is 0 Å². The Morgan fingerprint density at radius 2 is 0.362 bits per heavy atom. The first-order valence-corrected chi connectivity index (χ1v) is 19.8. The largest absolute Gasteiger partial charge is 0.310 e. The third kappa shape index (κ3) is 7.37. The second-order valence-corrected chi connectivity index (χ2v) is 14.1. The van der Waals surface area contributed by atoms with Crippen molar-refractivity contribution in [3.05, 3.63) is 271 Å². The van der Waals surface area contributed by atoms with E-state index in [0.717, 1.165) is 51.2 Å². The van der Waals surface area contributed by atoms with Crippen molar-refractivity contribution >= 4 is 51.2 Å². The van der Waals surface area contributed by atoms with Crippen molar-refractivity contribution in [2.75, 3.05) is 14.7 Å². The molecule has 0 bridgehead atoms. The molecule has 0 amide bonds. The summed E-state index contributed by atoms with van der Waals surface area (Å²) >= 11 is 0. The quantitative estimate of drug-likeness (QED) is 0.115. The molecule has 3 heteroatoms. The number of hydrogen-bond acceptors (Lipinski definition) is 3. The van der Waals surface area contributed by atoms with E-state index in [1.807, 2.05) is 0 Å². The molecule has 0 spiro atoms. The summed E-state index contributed by atoms with van der Waals surface area (Å²) in [6.07, 6.45) is 0. The van der Waals surface area contributed by atoms with E-state index in [1.54, 1.807) is 0 Å². The second-order valence-electron chi connectivity index (χ2n) is 14.1. The zero-order valence-electron chi connectivity index (χ0n) is 32.2. The molecule has 0 aliphatic rings. The Bertz CT molecular complexity index is 2250. The predicted octanol–water partition coefficient (Wildman–Crippen LogP) is 15.3. The third-order valence-corrected chi connectivity index (χ3v) is 10.6. The van der Waals surface area contributed by atoms with Crippen LogP contribution in [0.15, 0.2) is 255 Å². The van der Waals surface area contributed by atoms with Crippen LogP contribution in [-0.4, -0.2) is 0 Å². The van der Waals surface area contributed by atoms with Gasteiger partial charge in [0.1, 0.15) is 0 Å². The first-order valence-electron chi connectivity index (χ1n) is 19.8. The molecular weight excluding hydrogens is 703 g/mol. The number of benzene rings is 9. The van der Waals surface area contributed by atoms with Crippen molar-refractivity contribution in [3.8, 4) is 0 Å². The standard InChI is InChI=1S/C55H43N3/c1-7-25-43(26-8-1)56(44-27-9-2-10-28-44)52-40-22-19-37-49(52)55(50-38-20-23-41-53(50)57(45-29-11-3-12-30-45)46-31-13-4-14-32-46)51-39-21-24-42-54(51)58(47-33-15-5-16-34-47)48-35-17-6-18-36-48/h1-42,55H. The highest BCUT2D eigenvalue weighted by Gasteiger charge is 2.31. The first-order chi connectivity index (χ1) is 28.8. The van der Waals surface area contributed by atoms with Gasteiger partial charge in [-0.25, -0.2) is 0 Å². The molecule has 0 N–H and O–H groups in total. The maximum Gasteiger partial charge on any atom is 0.0503 e. The zero-order valence-corrected chi connectivity index (χ0v) is 32.2. The van der Waals surface area contributed by atoms with Gasteiger partial charge in [0.2, 0.25) is 0 Å². The topological polar surface area (TPSA) is 9.72 Å². The van der Waals surface area contributed by atoms with E-state index in [-0.39, 0.29) is 5.92 Å². The monoisotopic (exact) mass is 745 g/mol. The van der Waals surface area contributed by atoms with Crippen LogP contribution in [0, 0.1) is 0 Å². The summed E-state index contributed by atoms with van der Waals surface area (Å²) in [6.45, 7) is 0. The minimum absolute atomic E-state index is 0.233. The van der Waals surface area contributed by atoms with Gasteiger partial charge in [-0.2, -0.15) is 0 Å². The number of para-hydroxylation sites is 9. The molecule has 0 saturated carbocycles. The molecule has 9 aromatic rings. The number of anilines is 9. The highest BCUT2D eigenvalue weighted by atomic mass is 15.2. The van der Waals surface area contributed by atoms with Gasteiger partial charge in [-0.3, -0.25) is 0 Å². The Morgan fingerprint density at radius 3 is 0.569 bits per heavy atom. The van der Waals surface area contributed by atoms with Crippen molar-refractivity contribution in [1.29, 1.82) is 0 Å². The normalized spacial score (nSPS) is 10.9.